The molecule has 0 aromatic heterocycles. The second-order valence-corrected chi connectivity index (χ2v) is 43.1. The summed E-state index contributed by atoms with van der Waals surface area (Å²) in [5.41, 5.74) is 9.51. The van der Waals surface area contributed by atoms with Crippen LogP contribution >= 0.6 is 21.6 Å². The molecule has 29 nitrogen and oxygen atoms in total. The van der Waals surface area contributed by atoms with Gasteiger partial charge in [0.1, 0.15) is 66.2 Å². The number of fused-ring (bicyclic) bond motifs is 7. The third kappa shape index (κ3) is 24.6. The van der Waals surface area contributed by atoms with Gasteiger partial charge in [0, 0.05) is 49.9 Å². The van der Waals surface area contributed by atoms with E-state index in [0.717, 1.165) is 101 Å². The number of phenolic OH excluding ortho intramolecular Hbond substituents is 1. The number of piperidine rings is 1. The summed E-state index contributed by atoms with van der Waals surface area (Å²) < 4.78 is 5.98. The first-order valence-electron chi connectivity index (χ1n) is 48.5. The van der Waals surface area contributed by atoms with Crippen molar-refractivity contribution in [3.63, 3.8) is 0 Å². The molecule has 10 aliphatic rings. The number of ether oxygens (including phenoxy) is 1. The van der Waals surface area contributed by atoms with E-state index in [1.807, 2.05) is 66.8 Å². The van der Waals surface area contributed by atoms with Crippen LogP contribution in [0.15, 0.2) is 114 Å². The van der Waals surface area contributed by atoms with E-state index in [2.05, 4.69) is 101 Å². The summed E-state index contributed by atoms with van der Waals surface area (Å²) in [6.07, 6.45) is 26.4. The van der Waals surface area contributed by atoms with E-state index < -0.39 is 132 Å². The lowest BCUT2D eigenvalue weighted by Crippen LogP contribution is -3.10. The molecule has 5 heterocycles. The highest BCUT2D eigenvalue weighted by Gasteiger charge is 2.60. The molecule has 7 fully saturated rings. The lowest BCUT2D eigenvalue weighted by atomic mass is 9.46. The Labute approximate surface area is 779 Å². The number of quaternary nitrogens is 1. The van der Waals surface area contributed by atoms with Gasteiger partial charge in [0.15, 0.2) is 0 Å². The van der Waals surface area contributed by atoms with Gasteiger partial charge in [-0.3, -0.25) is 52.7 Å². The van der Waals surface area contributed by atoms with Crippen LogP contribution < -0.4 is 63.8 Å². The van der Waals surface area contributed by atoms with Gasteiger partial charge in [-0.05, 0) is 226 Å². The number of benzene rings is 3. The first-order chi connectivity index (χ1) is 62.7. The van der Waals surface area contributed by atoms with Crippen molar-refractivity contribution in [3.8, 4) is 5.75 Å². The number of rotatable bonds is 29. The van der Waals surface area contributed by atoms with Gasteiger partial charge in [0.25, 0.3) is 0 Å². The van der Waals surface area contributed by atoms with Gasteiger partial charge in [0.2, 0.25) is 65.0 Å². The number of nitrogens with zero attached hydrogens (tertiary/aromatic N) is 2. The Morgan fingerprint density at radius 1 is 0.679 bits per heavy atom. The average Bonchev–Trinajstić information content (AvgIpc) is 1.66. The molecule has 23 unspecified atom stereocenters. The third-order valence-electron chi connectivity index (χ3n) is 30.6. The highest BCUT2D eigenvalue weighted by Crippen LogP contribution is 2.68. The zero-order chi connectivity index (χ0) is 93.5. The minimum atomic E-state index is -1.64. The summed E-state index contributed by atoms with van der Waals surface area (Å²) in [6, 6.07) is 4.95. The van der Waals surface area contributed by atoms with Crippen LogP contribution in [0.25, 0.3) is 10.8 Å². The van der Waals surface area contributed by atoms with Crippen molar-refractivity contribution >= 4 is 103 Å². The predicted octanol–water partition coefficient (Wildman–Crippen LogP) is 7.57. The highest BCUT2D eigenvalue weighted by molar-refractivity contribution is 8.76. The van der Waals surface area contributed by atoms with Crippen LogP contribution in [0.5, 0.6) is 5.75 Å². The number of hydrogen-bond acceptors (Lipinski definition) is 18. The molecule has 5 aliphatic carbocycles. The minimum absolute atomic E-state index is 0.0622. The van der Waals surface area contributed by atoms with E-state index in [-0.39, 0.29) is 117 Å². The van der Waals surface area contributed by atoms with E-state index in [1.54, 1.807) is 37.1 Å². The fourth-order valence-electron chi connectivity index (χ4n) is 23.2. The summed E-state index contributed by atoms with van der Waals surface area (Å²) in [5, 5.41) is 52.0. The number of amides is 12. The summed E-state index contributed by atoms with van der Waals surface area (Å²) in [4.78, 5) is 183. The van der Waals surface area contributed by atoms with Crippen LogP contribution in [-0.2, 0) is 70.3 Å². The SMILES string of the molecule is CC(C)CCCC(C)C1CCC2C3CC=C4CC(COC(=O)NCCCCC5NC(=O)C(CC6=CNC7C=CC=CC67)NC(=O)C(Cc6ccc(O)cc6)NC(=O)C(NC(=O)C(Cc6ccc7ccccc7c6)NC(=O)C6CCCN6C(=O)C6CCCN6C(=O)C6CCC[NH+](C)C6)CSSCC(C(=O)NC(C(N)=O)C(C)O)NC(=O)C(C(C)C)NC5=O)CCC4(C)C3CCC12C. The number of unbranched alkanes of at least 4 members (excludes halogenated alkanes) is 1. The number of aliphatic hydroxyl groups is 1. The Hall–Kier alpha value is -9.46. The van der Waals surface area contributed by atoms with Crippen LogP contribution in [0.2, 0.25) is 0 Å². The Kier molecular flexibility index (Phi) is 34.1. The third-order valence-corrected chi connectivity index (χ3v) is 33.0. The molecule has 31 heteroatoms. The van der Waals surface area contributed by atoms with Crippen LogP contribution in [-0.4, -0.2) is 222 Å². The lowest BCUT2D eigenvalue weighted by Gasteiger charge is -2.58. The molecule has 714 valence electrons. The number of nitrogens with one attached hydrogen (secondary N) is 11. The fraction of sp³-hybridized carbons (Fsp3) is 0.640. The molecule has 23 atom stereocenters. The maximum atomic E-state index is 15.8. The Balaban J connectivity index is 0.747. The van der Waals surface area contributed by atoms with E-state index in [0.29, 0.717) is 72.7 Å². The van der Waals surface area contributed by atoms with E-state index in [9.17, 15) is 34.2 Å². The first-order valence-corrected chi connectivity index (χ1v) is 50.9. The molecule has 15 N–H and O–H groups in total. The summed E-state index contributed by atoms with van der Waals surface area (Å²) in [5.74, 6) is -5.71. The summed E-state index contributed by atoms with van der Waals surface area (Å²) in [7, 11) is 3.98. The van der Waals surface area contributed by atoms with Crippen LogP contribution in [0.3, 0.4) is 0 Å². The van der Waals surface area contributed by atoms with Crippen molar-refractivity contribution in [2.24, 2.45) is 75.7 Å². The average molecular weight is 1850 g/mol. The van der Waals surface area contributed by atoms with Crippen molar-refractivity contribution in [1.29, 1.82) is 0 Å². The van der Waals surface area contributed by atoms with Crippen molar-refractivity contribution in [1.82, 2.24) is 63.0 Å². The summed E-state index contributed by atoms with van der Waals surface area (Å²) in [6.45, 7) is 19.5. The zero-order valence-corrected chi connectivity index (χ0v) is 79.6. The quantitative estimate of drug-likeness (QED) is 0.0181. The fourth-order valence-corrected chi connectivity index (χ4v) is 25.5. The molecule has 131 heavy (non-hydrogen) atoms. The maximum absolute atomic E-state index is 15.8. The van der Waals surface area contributed by atoms with Crippen molar-refractivity contribution in [2.75, 3.05) is 57.9 Å². The zero-order valence-electron chi connectivity index (χ0n) is 77.9. The molecule has 4 saturated heterocycles. The second kappa shape index (κ2) is 45.0. The van der Waals surface area contributed by atoms with Gasteiger partial charge in [-0.25, -0.2) is 4.79 Å². The molecule has 3 saturated carbocycles. The predicted molar refractivity (Wildman–Crippen MR) is 505 cm³/mol. The molecular weight excluding hydrogens is 1700 g/mol. The van der Waals surface area contributed by atoms with Gasteiger partial charge in [0.05, 0.1) is 44.8 Å². The van der Waals surface area contributed by atoms with E-state index >= 15 is 33.6 Å². The number of alkyl carbamates (subject to hydrolysis) is 1. The Morgan fingerprint density at radius 2 is 1.37 bits per heavy atom. The first kappa shape index (κ1) is 99.0. The van der Waals surface area contributed by atoms with Crippen LogP contribution in [0.1, 0.15) is 201 Å². The highest BCUT2D eigenvalue weighted by atomic mass is 33.1. The molecule has 12 amide bonds. The Bertz CT molecular complexity index is 4740. The monoisotopic (exact) mass is 1840 g/mol. The largest absolute Gasteiger partial charge is 0.508 e. The van der Waals surface area contributed by atoms with Gasteiger partial charge < -0.3 is 88.6 Å². The Morgan fingerprint density at radius 3 is 2.11 bits per heavy atom. The number of aliphatic hydroxyl groups excluding tert-OH is 1. The molecule has 5 aliphatic heterocycles. The lowest BCUT2D eigenvalue weighted by molar-refractivity contribution is -0.887. The van der Waals surface area contributed by atoms with Gasteiger partial charge in [-0.2, -0.15) is 0 Å². The van der Waals surface area contributed by atoms with Gasteiger partial charge >= 0.3 is 6.09 Å². The number of likely N-dealkylation sites (tertiary alicyclic amines) is 3. The number of phenols is 1. The smallest absolute Gasteiger partial charge is 0.407 e. The number of primary amides is 1. The summed E-state index contributed by atoms with van der Waals surface area (Å²) >= 11 is 0. The topological polar surface area (TPSA) is 412 Å². The molecule has 3 aromatic carbocycles. The molecule has 0 bridgehead atoms. The minimum Gasteiger partial charge on any atom is -0.508 e. The number of carbonyl (C=O) groups excluding carboxylic acids is 12. The van der Waals surface area contributed by atoms with E-state index in [1.165, 1.54) is 79.4 Å². The molecular formula is C100H143N14O15S2+. The van der Waals surface area contributed by atoms with Crippen LogP contribution in [0, 0.1) is 70.0 Å². The molecule has 0 spiro atoms. The van der Waals surface area contributed by atoms with Gasteiger partial charge in [-0.1, -0.05) is 180 Å². The maximum Gasteiger partial charge on any atom is 0.407 e. The normalized spacial score (nSPS) is 31.1. The van der Waals surface area contributed by atoms with Crippen molar-refractivity contribution in [3.05, 3.63) is 126 Å². The number of aromatic hydroxyl groups is 1. The van der Waals surface area contributed by atoms with Crippen molar-refractivity contribution in [2.45, 2.75) is 276 Å². The molecule has 0 radical (unpaired) electrons. The number of nitrogens with two attached hydrogens (primary N) is 1. The standard InChI is InChI=1S/C100H142N14O15S2/c1-58(2)20-16-21-60(5)73-38-39-74-72-37-34-69-49-64(40-42-99(69,7)75(72)41-43-100(73,74)8)55-129-98(128)102-44-15-14-27-77-88(118)110-85(59(3)4)95(125)109-82(93(123)111-86(61(6)115)87(101)117)57-131-130-56-81(92(122)105-78(50-62-31-35-70(116)36-32-62)89(119)106-80(91(121)104-77)52-68-53-103-76-26-13-12-25-71(68)76)108-90(120)79(51-63-30-33-65-22-10-11-23-66(65)48-63)107-94(124)83-28-18-46-113(83)97(127)84-29-19-47-114(84)96(126)67-24-17-45-112(9)54-67/h10-13,22-23,25-26,30-36,48,53,58-61,64,67,71-86,103,115-116H,14-21,24,27-29,37-47,49-52,54-57H2,1-9H3,(H2,101,117)(H,102,128)(H,104,121)(H,105,122)(H,106,119)(H,107,124)(H,108,120)(H,109,125)(H,110,118)(H,111,123)/p+1. The molecule has 13 rings (SSSR count). The van der Waals surface area contributed by atoms with Gasteiger partial charge in [-0.15, -0.1) is 0 Å². The van der Waals surface area contributed by atoms with Crippen LogP contribution in [0.4, 0.5) is 4.79 Å². The second-order valence-electron chi connectivity index (χ2n) is 40.5. The van der Waals surface area contributed by atoms with Crippen molar-refractivity contribution < 1.29 is 77.4 Å². The molecule has 3 aromatic rings. The number of carbonyl (C=O) groups is 12. The number of allylic oxidation sites excluding steroid dienone is 4. The number of hydrogen-bond donors (Lipinski definition) is 14. The van der Waals surface area contributed by atoms with E-state index in [4.69, 9.17) is 10.5 Å².